The lowest BCUT2D eigenvalue weighted by atomic mass is 10.1. The van der Waals surface area contributed by atoms with Gasteiger partial charge in [0.1, 0.15) is 0 Å². The molecule has 1 nitrogen and oxygen atoms in total. The fourth-order valence-electron chi connectivity index (χ4n) is 2.07. The summed E-state index contributed by atoms with van der Waals surface area (Å²) in [5, 5.41) is 2.34. The fourth-order valence-corrected chi connectivity index (χ4v) is 2.78. The highest BCUT2D eigenvalue weighted by atomic mass is 79.9. The number of pyridine rings is 1. The lowest BCUT2D eigenvalue weighted by Crippen LogP contribution is -1.89. The van der Waals surface area contributed by atoms with Crippen LogP contribution in [0.5, 0.6) is 0 Å². The Labute approximate surface area is 97.7 Å². The van der Waals surface area contributed by atoms with Crippen molar-refractivity contribution in [1.29, 1.82) is 0 Å². The zero-order valence-corrected chi connectivity index (χ0v) is 9.94. The van der Waals surface area contributed by atoms with Gasteiger partial charge in [-0.2, -0.15) is 0 Å². The third-order valence-electron chi connectivity index (χ3n) is 3.12. The Morgan fingerprint density at radius 1 is 1.20 bits per heavy atom. The van der Waals surface area contributed by atoms with Crippen LogP contribution in [-0.2, 0) is 0 Å². The van der Waals surface area contributed by atoms with Gasteiger partial charge in [0, 0.05) is 22.3 Å². The van der Waals surface area contributed by atoms with E-state index in [2.05, 4.69) is 46.3 Å². The van der Waals surface area contributed by atoms with Gasteiger partial charge in [-0.05, 0) is 24.5 Å². The quantitative estimate of drug-likeness (QED) is 0.751. The molecule has 1 aromatic carbocycles. The Hall–Kier alpha value is -0.890. The van der Waals surface area contributed by atoms with Crippen molar-refractivity contribution < 1.29 is 0 Å². The number of aromatic nitrogens is 1. The number of benzene rings is 1. The SMILES string of the molecule is BrCC1CC1c1ccc2ccccc2n1. The zero-order valence-electron chi connectivity index (χ0n) is 8.36. The van der Waals surface area contributed by atoms with Crippen molar-refractivity contribution in [1.82, 2.24) is 4.98 Å². The van der Waals surface area contributed by atoms with Crippen molar-refractivity contribution in [3.05, 3.63) is 42.1 Å². The van der Waals surface area contributed by atoms with E-state index in [1.165, 1.54) is 17.5 Å². The maximum absolute atomic E-state index is 4.71. The van der Waals surface area contributed by atoms with E-state index >= 15 is 0 Å². The molecule has 0 spiro atoms. The minimum Gasteiger partial charge on any atom is -0.253 e. The Morgan fingerprint density at radius 3 is 2.87 bits per heavy atom. The van der Waals surface area contributed by atoms with Crippen molar-refractivity contribution in [3.8, 4) is 0 Å². The number of alkyl halides is 1. The molecule has 0 N–H and O–H groups in total. The summed E-state index contributed by atoms with van der Waals surface area (Å²) in [6, 6.07) is 12.7. The van der Waals surface area contributed by atoms with E-state index < -0.39 is 0 Å². The van der Waals surface area contributed by atoms with Crippen molar-refractivity contribution in [3.63, 3.8) is 0 Å². The van der Waals surface area contributed by atoms with E-state index in [1.54, 1.807) is 0 Å². The van der Waals surface area contributed by atoms with E-state index in [1.807, 2.05) is 6.07 Å². The molecule has 0 radical (unpaired) electrons. The van der Waals surface area contributed by atoms with Crippen LogP contribution in [0.4, 0.5) is 0 Å². The second-order valence-corrected chi connectivity index (χ2v) is 4.83. The lowest BCUT2D eigenvalue weighted by molar-refractivity contribution is 0.909. The molecule has 1 saturated carbocycles. The molecular weight excluding hydrogens is 250 g/mol. The predicted octanol–water partition coefficient (Wildman–Crippen LogP) is 3.73. The fraction of sp³-hybridized carbons (Fsp3) is 0.308. The summed E-state index contributed by atoms with van der Waals surface area (Å²) in [5.41, 5.74) is 2.38. The molecule has 0 aliphatic heterocycles. The Balaban J connectivity index is 2.00. The summed E-state index contributed by atoms with van der Waals surface area (Å²) in [6.45, 7) is 0. The summed E-state index contributed by atoms with van der Waals surface area (Å²) in [5.74, 6) is 1.49. The van der Waals surface area contributed by atoms with Gasteiger partial charge < -0.3 is 0 Å². The molecule has 1 heterocycles. The molecule has 2 heteroatoms. The Morgan fingerprint density at radius 2 is 2.07 bits per heavy atom. The number of fused-ring (bicyclic) bond motifs is 1. The molecular formula is C13H12BrN. The summed E-state index contributed by atoms with van der Waals surface area (Å²) in [7, 11) is 0. The highest BCUT2D eigenvalue weighted by Crippen LogP contribution is 2.47. The van der Waals surface area contributed by atoms with Crippen LogP contribution in [0, 0.1) is 5.92 Å². The van der Waals surface area contributed by atoms with Crippen LogP contribution in [0.25, 0.3) is 10.9 Å². The molecule has 15 heavy (non-hydrogen) atoms. The van der Waals surface area contributed by atoms with Gasteiger partial charge in [-0.25, -0.2) is 0 Å². The van der Waals surface area contributed by atoms with Crippen LogP contribution < -0.4 is 0 Å². The lowest BCUT2D eigenvalue weighted by Gasteiger charge is -2.01. The monoisotopic (exact) mass is 261 g/mol. The van der Waals surface area contributed by atoms with Gasteiger partial charge in [0.15, 0.2) is 0 Å². The normalized spacial score (nSPS) is 24.3. The molecule has 0 bridgehead atoms. The van der Waals surface area contributed by atoms with Crippen molar-refractivity contribution in [2.45, 2.75) is 12.3 Å². The summed E-state index contributed by atoms with van der Waals surface area (Å²) in [6.07, 6.45) is 1.29. The molecule has 2 unspecified atom stereocenters. The minimum absolute atomic E-state index is 0.689. The smallest absolute Gasteiger partial charge is 0.0705 e. The molecule has 2 aromatic rings. The topological polar surface area (TPSA) is 12.9 Å². The minimum atomic E-state index is 0.689. The van der Waals surface area contributed by atoms with E-state index in [-0.39, 0.29) is 0 Å². The van der Waals surface area contributed by atoms with E-state index in [0.717, 1.165) is 16.8 Å². The van der Waals surface area contributed by atoms with Gasteiger partial charge in [-0.3, -0.25) is 4.98 Å². The standard InChI is InChI=1S/C13H12BrN/c14-8-10-7-11(10)13-6-5-9-3-1-2-4-12(9)15-13/h1-6,10-11H,7-8H2. The van der Waals surface area contributed by atoms with Crippen LogP contribution >= 0.6 is 15.9 Å². The van der Waals surface area contributed by atoms with Gasteiger partial charge >= 0.3 is 0 Å². The van der Waals surface area contributed by atoms with Gasteiger partial charge in [0.05, 0.1) is 5.52 Å². The Kier molecular flexibility index (Phi) is 2.24. The van der Waals surface area contributed by atoms with Crippen LogP contribution in [-0.4, -0.2) is 10.3 Å². The predicted molar refractivity (Wildman–Crippen MR) is 66.4 cm³/mol. The molecule has 1 aromatic heterocycles. The number of rotatable bonds is 2. The van der Waals surface area contributed by atoms with Crippen LogP contribution in [0.1, 0.15) is 18.0 Å². The second kappa shape index (κ2) is 3.60. The van der Waals surface area contributed by atoms with Crippen LogP contribution in [0.15, 0.2) is 36.4 Å². The third kappa shape index (κ3) is 1.67. The first-order valence-electron chi connectivity index (χ1n) is 5.30. The highest BCUT2D eigenvalue weighted by Gasteiger charge is 2.38. The Bertz CT molecular complexity index is 495. The second-order valence-electron chi connectivity index (χ2n) is 4.19. The van der Waals surface area contributed by atoms with Gasteiger partial charge in [-0.15, -0.1) is 0 Å². The maximum Gasteiger partial charge on any atom is 0.0705 e. The number of halogens is 1. The van der Waals surface area contributed by atoms with Gasteiger partial charge in [0.2, 0.25) is 0 Å². The average Bonchev–Trinajstić information content (AvgIpc) is 3.08. The first-order valence-corrected chi connectivity index (χ1v) is 6.42. The number of para-hydroxylation sites is 1. The summed E-state index contributed by atoms with van der Waals surface area (Å²) in [4.78, 5) is 4.71. The maximum atomic E-state index is 4.71. The first-order chi connectivity index (χ1) is 7.38. The molecule has 76 valence electrons. The third-order valence-corrected chi connectivity index (χ3v) is 3.95. The molecule has 2 atom stereocenters. The molecule has 1 aliphatic carbocycles. The van der Waals surface area contributed by atoms with Gasteiger partial charge in [0.25, 0.3) is 0 Å². The van der Waals surface area contributed by atoms with E-state index in [4.69, 9.17) is 4.98 Å². The summed E-state index contributed by atoms with van der Waals surface area (Å²) >= 11 is 3.54. The van der Waals surface area contributed by atoms with Crippen LogP contribution in [0.2, 0.25) is 0 Å². The molecule has 3 rings (SSSR count). The summed E-state index contributed by atoms with van der Waals surface area (Å²) < 4.78 is 0. The van der Waals surface area contributed by atoms with Gasteiger partial charge in [-0.1, -0.05) is 40.2 Å². The number of hydrogen-bond donors (Lipinski definition) is 0. The molecule has 1 aliphatic rings. The number of hydrogen-bond acceptors (Lipinski definition) is 1. The first kappa shape index (κ1) is 9.34. The van der Waals surface area contributed by atoms with Crippen molar-refractivity contribution >= 4 is 26.8 Å². The van der Waals surface area contributed by atoms with E-state index in [9.17, 15) is 0 Å². The molecule has 1 fully saturated rings. The van der Waals surface area contributed by atoms with Crippen LogP contribution in [0.3, 0.4) is 0 Å². The zero-order chi connectivity index (χ0) is 10.3. The molecule has 0 amide bonds. The van der Waals surface area contributed by atoms with E-state index in [0.29, 0.717) is 5.92 Å². The van der Waals surface area contributed by atoms with Crippen molar-refractivity contribution in [2.24, 2.45) is 5.92 Å². The highest BCUT2D eigenvalue weighted by molar-refractivity contribution is 9.09. The average molecular weight is 262 g/mol. The largest absolute Gasteiger partial charge is 0.253 e. The number of nitrogens with zero attached hydrogens (tertiary/aromatic N) is 1. The van der Waals surface area contributed by atoms with Crippen molar-refractivity contribution in [2.75, 3.05) is 5.33 Å². The molecule has 0 saturated heterocycles.